The third kappa shape index (κ3) is 3.64. The van der Waals surface area contributed by atoms with Gasteiger partial charge in [-0.3, -0.25) is 0 Å². The fraction of sp³-hybridized carbons (Fsp3) is 0.133. The quantitative estimate of drug-likeness (QED) is 0.350. The SMILES string of the molecule is Cc1cc(/C(N)=N/O)ccc1CNc1ccc(F)cc1Cl. The van der Waals surface area contributed by atoms with Crippen molar-refractivity contribution in [2.45, 2.75) is 13.5 Å². The van der Waals surface area contributed by atoms with Crippen LogP contribution in [-0.2, 0) is 6.54 Å². The van der Waals surface area contributed by atoms with Gasteiger partial charge in [0.25, 0.3) is 0 Å². The summed E-state index contributed by atoms with van der Waals surface area (Å²) >= 11 is 5.96. The van der Waals surface area contributed by atoms with Gasteiger partial charge in [-0.05, 0) is 42.3 Å². The lowest BCUT2D eigenvalue weighted by Gasteiger charge is -2.11. The fourth-order valence-corrected chi connectivity index (χ4v) is 2.17. The van der Waals surface area contributed by atoms with Crippen molar-refractivity contribution in [3.8, 4) is 0 Å². The molecule has 0 saturated heterocycles. The predicted molar refractivity (Wildman–Crippen MR) is 82.4 cm³/mol. The number of amidine groups is 1. The van der Waals surface area contributed by atoms with Gasteiger partial charge in [0.15, 0.2) is 5.84 Å². The first-order valence-electron chi connectivity index (χ1n) is 6.27. The minimum Gasteiger partial charge on any atom is -0.409 e. The molecule has 2 aromatic carbocycles. The third-order valence-electron chi connectivity index (χ3n) is 3.15. The summed E-state index contributed by atoms with van der Waals surface area (Å²) < 4.78 is 13.0. The number of rotatable bonds is 4. The van der Waals surface area contributed by atoms with E-state index in [4.69, 9.17) is 22.5 Å². The van der Waals surface area contributed by atoms with Crippen LogP contribution >= 0.6 is 11.6 Å². The van der Waals surface area contributed by atoms with Crippen molar-refractivity contribution in [2.75, 3.05) is 5.32 Å². The van der Waals surface area contributed by atoms with Crippen molar-refractivity contribution in [2.24, 2.45) is 10.9 Å². The van der Waals surface area contributed by atoms with Gasteiger partial charge in [-0.25, -0.2) is 4.39 Å². The van der Waals surface area contributed by atoms with Gasteiger partial charge in [0, 0.05) is 12.1 Å². The second kappa shape index (κ2) is 6.45. The van der Waals surface area contributed by atoms with E-state index in [1.807, 2.05) is 19.1 Å². The van der Waals surface area contributed by atoms with Crippen molar-refractivity contribution in [3.63, 3.8) is 0 Å². The maximum Gasteiger partial charge on any atom is 0.170 e. The third-order valence-corrected chi connectivity index (χ3v) is 3.46. The highest BCUT2D eigenvalue weighted by Gasteiger charge is 2.05. The van der Waals surface area contributed by atoms with E-state index >= 15 is 0 Å². The van der Waals surface area contributed by atoms with Crippen LogP contribution in [0.1, 0.15) is 16.7 Å². The molecule has 21 heavy (non-hydrogen) atoms. The van der Waals surface area contributed by atoms with Gasteiger partial charge in [0.2, 0.25) is 0 Å². The molecule has 6 heteroatoms. The van der Waals surface area contributed by atoms with Crippen LogP contribution < -0.4 is 11.1 Å². The van der Waals surface area contributed by atoms with E-state index in [1.165, 1.54) is 12.1 Å². The Morgan fingerprint density at radius 2 is 2.10 bits per heavy atom. The number of anilines is 1. The molecule has 0 bridgehead atoms. The predicted octanol–water partition coefficient (Wildman–Crippen LogP) is 3.49. The Morgan fingerprint density at radius 1 is 1.33 bits per heavy atom. The van der Waals surface area contributed by atoms with Crippen LogP contribution in [0, 0.1) is 12.7 Å². The van der Waals surface area contributed by atoms with Crippen molar-refractivity contribution in [1.29, 1.82) is 0 Å². The second-order valence-electron chi connectivity index (χ2n) is 4.60. The number of hydrogen-bond donors (Lipinski definition) is 3. The zero-order valence-electron chi connectivity index (χ0n) is 11.4. The molecule has 0 spiro atoms. The van der Waals surface area contributed by atoms with E-state index in [0.29, 0.717) is 22.8 Å². The molecule has 0 aliphatic carbocycles. The van der Waals surface area contributed by atoms with Crippen molar-refractivity contribution >= 4 is 23.1 Å². The molecular formula is C15H15ClFN3O. The topological polar surface area (TPSA) is 70.6 Å². The summed E-state index contributed by atoms with van der Waals surface area (Å²) in [4.78, 5) is 0. The number of hydrogen-bond acceptors (Lipinski definition) is 3. The molecule has 0 saturated carbocycles. The molecule has 0 aromatic heterocycles. The lowest BCUT2D eigenvalue weighted by Crippen LogP contribution is -2.13. The van der Waals surface area contributed by atoms with Crippen LogP contribution in [0.3, 0.4) is 0 Å². The molecular weight excluding hydrogens is 293 g/mol. The Hall–Kier alpha value is -2.27. The highest BCUT2D eigenvalue weighted by Crippen LogP contribution is 2.23. The maximum atomic E-state index is 13.0. The van der Waals surface area contributed by atoms with E-state index in [2.05, 4.69) is 10.5 Å². The summed E-state index contributed by atoms with van der Waals surface area (Å²) in [5.41, 5.74) is 8.88. The van der Waals surface area contributed by atoms with Crippen LogP contribution in [-0.4, -0.2) is 11.0 Å². The van der Waals surface area contributed by atoms with E-state index in [1.54, 1.807) is 12.1 Å². The normalized spacial score (nSPS) is 11.5. The lowest BCUT2D eigenvalue weighted by atomic mass is 10.0. The number of aryl methyl sites for hydroxylation is 1. The Labute approximate surface area is 127 Å². The average Bonchev–Trinajstić information content (AvgIpc) is 2.46. The number of nitrogens with one attached hydrogen (secondary N) is 1. The molecule has 0 amide bonds. The van der Waals surface area contributed by atoms with Crippen LogP contribution in [0.15, 0.2) is 41.6 Å². The van der Waals surface area contributed by atoms with Gasteiger partial charge in [0.1, 0.15) is 5.82 Å². The number of halogens is 2. The van der Waals surface area contributed by atoms with Crippen LogP contribution in [0.2, 0.25) is 5.02 Å². The monoisotopic (exact) mass is 307 g/mol. The molecule has 0 unspecified atom stereocenters. The van der Waals surface area contributed by atoms with Gasteiger partial charge < -0.3 is 16.3 Å². The summed E-state index contributed by atoms with van der Waals surface area (Å²) in [6, 6.07) is 9.69. The second-order valence-corrected chi connectivity index (χ2v) is 5.01. The molecule has 0 atom stereocenters. The molecule has 4 nitrogen and oxygen atoms in total. The number of benzene rings is 2. The molecule has 0 aliphatic rings. The van der Waals surface area contributed by atoms with Gasteiger partial charge in [0.05, 0.1) is 10.7 Å². The zero-order chi connectivity index (χ0) is 15.4. The smallest absolute Gasteiger partial charge is 0.170 e. The zero-order valence-corrected chi connectivity index (χ0v) is 12.2. The molecule has 0 radical (unpaired) electrons. The van der Waals surface area contributed by atoms with Gasteiger partial charge in [-0.1, -0.05) is 28.9 Å². The van der Waals surface area contributed by atoms with E-state index in [9.17, 15) is 4.39 Å². The van der Waals surface area contributed by atoms with Gasteiger partial charge >= 0.3 is 0 Å². The number of oxime groups is 1. The highest BCUT2D eigenvalue weighted by molar-refractivity contribution is 6.33. The maximum absolute atomic E-state index is 13.0. The minimum atomic E-state index is -0.371. The van der Waals surface area contributed by atoms with Gasteiger partial charge in [-0.2, -0.15) is 0 Å². The number of nitrogens with two attached hydrogens (primary N) is 1. The van der Waals surface area contributed by atoms with Crippen LogP contribution in [0.5, 0.6) is 0 Å². The minimum absolute atomic E-state index is 0.0687. The first-order valence-corrected chi connectivity index (χ1v) is 6.65. The van der Waals surface area contributed by atoms with Crippen LogP contribution in [0.4, 0.5) is 10.1 Å². The van der Waals surface area contributed by atoms with E-state index < -0.39 is 0 Å². The Bertz CT molecular complexity index is 689. The van der Waals surface area contributed by atoms with Crippen molar-refractivity contribution in [1.82, 2.24) is 0 Å². The molecule has 0 heterocycles. The van der Waals surface area contributed by atoms with E-state index in [0.717, 1.165) is 11.1 Å². The molecule has 110 valence electrons. The standard InChI is InChI=1S/C15H15ClFN3O/c1-9-6-10(15(18)20-21)2-3-11(9)8-19-14-5-4-12(17)7-13(14)16/h2-7,19,21H,8H2,1H3,(H2,18,20). The van der Waals surface area contributed by atoms with Crippen LogP contribution in [0.25, 0.3) is 0 Å². The van der Waals surface area contributed by atoms with Crippen molar-refractivity contribution < 1.29 is 9.60 Å². The average molecular weight is 308 g/mol. The molecule has 0 fully saturated rings. The Kier molecular flexibility index (Phi) is 4.65. The Morgan fingerprint density at radius 3 is 2.71 bits per heavy atom. The summed E-state index contributed by atoms with van der Waals surface area (Å²) in [5, 5.41) is 15.1. The molecule has 2 aromatic rings. The molecule has 4 N–H and O–H groups in total. The Balaban J connectivity index is 2.13. The summed E-state index contributed by atoms with van der Waals surface area (Å²) in [6.45, 7) is 2.46. The first kappa shape index (κ1) is 15.1. The summed E-state index contributed by atoms with van der Waals surface area (Å²) in [7, 11) is 0. The first-order chi connectivity index (χ1) is 10.0. The summed E-state index contributed by atoms with van der Waals surface area (Å²) in [5.74, 6) is -0.302. The largest absolute Gasteiger partial charge is 0.409 e. The van der Waals surface area contributed by atoms with Gasteiger partial charge in [-0.15, -0.1) is 0 Å². The van der Waals surface area contributed by atoms with E-state index in [-0.39, 0.29) is 11.7 Å². The van der Waals surface area contributed by atoms with Crippen molar-refractivity contribution in [3.05, 3.63) is 63.9 Å². The lowest BCUT2D eigenvalue weighted by molar-refractivity contribution is 0.318. The molecule has 2 rings (SSSR count). The number of nitrogens with zero attached hydrogens (tertiary/aromatic N) is 1. The fourth-order valence-electron chi connectivity index (χ4n) is 1.93. The molecule has 0 aliphatic heterocycles. The highest BCUT2D eigenvalue weighted by atomic mass is 35.5. The summed E-state index contributed by atoms with van der Waals surface area (Å²) in [6.07, 6.45) is 0.